The summed E-state index contributed by atoms with van der Waals surface area (Å²) < 4.78 is 22.5. The Balaban J connectivity index is 4.09. The van der Waals surface area contributed by atoms with E-state index >= 15 is 0 Å². The van der Waals surface area contributed by atoms with Gasteiger partial charge in [-0.2, -0.15) is 0 Å². The number of carbonyl (C=O) groups is 1. The van der Waals surface area contributed by atoms with Crippen LogP contribution in [-0.4, -0.2) is 49.4 Å². The third-order valence-electron chi connectivity index (χ3n) is 1.55. The summed E-state index contributed by atoms with van der Waals surface area (Å²) in [6.07, 6.45) is 0. The molecule has 0 aliphatic rings. The molecule has 0 amide bonds. The average molecular weight is 237 g/mol. The highest BCUT2D eigenvalue weighted by Crippen LogP contribution is 1.93. The van der Waals surface area contributed by atoms with Crippen molar-refractivity contribution in [1.82, 2.24) is 5.32 Å². The lowest BCUT2D eigenvalue weighted by atomic mass is 10.4. The molecule has 0 heterocycles. The van der Waals surface area contributed by atoms with Crippen LogP contribution in [0.2, 0.25) is 0 Å². The van der Waals surface area contributed by atoms with Crippen molar-refractivity contribution < 1.29 is 18.3 Å². The zero-order chi connectivity index (χ0) is 12.1. The molecule has 0 bridgehead atoms. The number of nitrogens with two attached hydrogens (primary N) is 1. The molecule has 0 saturated carbocycles. The second kappa shape index (κ2) is 5.66. The Hall–Kier alpha value is -1.15. The van der Waals surface area contributed by atoms with Crippen LogP contribution in [0.4, 0.5) is 0 Å². The van der Waals surface area contributed by atoms with Crippen LogP contribution in [0, 0.1) is 5.41 Å². The van der Waals surface area contributed by atoms with Crippen LogP contribution in [0.5, 0.6) is 0 Å². The molecule has 0 aliphatic heterocycles. The van der Waals surface area contributed by atoms with Gasteiger partial charge in [0.1, 0.15) is 6.04 Å². The molecule has 0 aromatic rings. The van der Waals surface area contributed by atoms with Crippen LogP contribution in [0.15, 0.2) is 0 Å². The smallest absolute Gasteiger partial charge is 0.321 e. The number of nitrogens with one attached hydrogen (secondary N) is 2. The number of aliphatic carboxylic acids is 1. The molecule has 0 radical (unpaired) electrons. The standard InChI is InChI=1S/C7H15N3O4S/c1-5(8)10-2-3-15(13,14)4-6(9)7(11)12/h6H,2-4,9H2,1H3,(H2,8,10)(H,11,12). The molecule has 0 aliphatic carbocycles. The third kappa shape index (κ3) is 6.86. The lowest BCUT2D eigenvalue weighted by molar-refractivity contribution is -0.137. The van der Waals surface area contributed by atoms with Crippen molar-refractivity contribution in [3.05, 3.63) is 0 Å². The third-order valence-corrected chi connectivity index (χ3v) is 3.25. The predicted octanol–water partition coefficient (Wildman–Crippen LogP) is -1.60. The fourth-order valence-corrected chi connectivity index (χ4v) is 2.09. The number of amidine groups is 1. The zero-order valence-corrected chi connectivity index (χ0v) is 9.17. The van der Waals surface area contributed by atoms with Crippen molar-refractivity contribution in [2.24, 2.45) is 5.73 Å². The number of carboxylic acid groups (broad SMARTS) is 1. The summed E-state index contributed by atoms with van der Waals surface area (Å²) >= 11 is 0. The Labute approximate surface area is 88.1 Å². The van der Waals surface area contributed by atoms with Crippen molar-refractivity contribution in [3.63, 3.8) is 0 Å². The highest BCUT2D eigenvalue weighted by atomic mass is 32.2. The fraction of sp³-hybridized carbons (Fsp3) is 0.714. The molecule has 15 heavy (non-hydrogen) atoms. The monoisotopic (exact) mass is 237 g/mol. The average Bonchev–Trinajstić information content (AvgIpc) is 2.01. The van der Waals surface area contributed by atoms with E-state index in [0.29, 0.717) is 0 Å². The van der Waals surface area contributed by atoms with Gasteiger partial charge in [-0.25, -0.2) is 8.42 Å². The minimum atomic E-state index is -3.49. The minimum absolute atomic E-state index is 0.0873. The van der Waals surface area contributed by atoms with Gasteiger partial charge in [0.05, 0.1) is 17.3 Å². The second-order valence-electron chi connectivity index (χ2n) is 3.11. The van der Waals surface area contributed by atoms with E-state index in [0.717, 1.165) is 0 Å². The van der Waals surface area contributed by atoms with E-state index < -0.39 is 27.6 Å². The zero-order valence-electron chi connectivity index (χ0n) is 8.36. The Morgan fingerprint density at radius 3 is 2.53 bits per heavy atom. The molecule has 0 spiro atoms. The lowest BCUT2D eigenvalue weighted by Crippen LogP contribution is -2.39. The second-order valence-corrected chi connectivity index (χ2v) is 5.34. The first-order chi connectivity index (χ1) is 6.74. The molecule has 0 aromatic heterocycles. The summed E-state index contributed by atoms with van der Waals surface area (Å²) in [4.78, 5) is 10.3. The lowest BCUT2D eigenvalue weighted by Gasteiger charge is -2.08. The number of carboxylic acids is 1. The maximum absolute atomic E-state index is 11.3. The fourth-order valence-electron chi connectivity index (χ4n) is 0.822. The maximum Gasteiger partial charge on any atom is 0.321 e. The van der Waals surface area contributed by atoms with E-state index in [2.05, 4.69) is 5.32 Å². The number of hydrogen-bond acceptors (Lipinski definition) is 5. The Kier molecular flexibility index (Phi) is 5.23. The summed E-state index contributed by atoms with van der Waals surface area (Å²) in [5.74, 6) is -1.99. The summed E-state index contributed by atoms with van der Waals surface area (Å²) in [6.45, 7) is 1.57. The molecule has 0 rings (SSSR count). The first kappa shape index (κ1) is 13.8. The molecule has 8 heteroatoms. The molecule has 0 saturated heterocycles. The van der Waals surface area contributed by atoms with Gasteiger partial charge in [-0.05, 0) is 6.92 Å². The minimum Gasteiger partial charge on any atom is -0.480 e. The van der Waals surface area contributed by atoms with E-state index in [9.17, 15) is 13.2 Å². The van der Waals surface area contributed by atoms with Gasteiger partial charge in [0, 0.05) is 6.54 Å². The normalized spacial score (nSPS) is 13.2. The highest BCUT2D eigenvalue weighted by molar-refractivity contribution is 7.91. The van der Waals surface area contributed by atoms with E-state index in [1.807, 2.05) is 0 Å². The largest absolute Gasteiger partial charge is 0.480 e. The molecular formula is C7H15N3O4S. The molecule has 1 unspecified atom stereocenters. The Morgan fingerprint density at radius 2 is 2.13 bits per heavy atom. The Morgan fingerprint density at radius 1 is 1.60 bits per heavy atom. The molecule has 7 nitrogen and oxygen atoms in total. The van der Waals surface area contributed by atoms with Crippen molar-refractivity contribution in [1.29, 1.82) is 5.41 Å². The predicted molar refractivity (Wildman–Crippen MR) is 55.7 cm³/mol. The van der Waals surface area contributed by atoms with Crippen LogP contribution in [0.1, 0.15) is 6.92 Å². The number of rotatable bonds is 6. The first-order valence-electron chi connectivity index (χ1n) is 4.22. The van der Waals surface area contributed by atoms with Crippen molar-refractivity contribution in [2.45, 2.75) is 13.0 Å². The van der Waals surface area contributed by atoms with E-state index in [-0.39, 0.29) is 18.1 Å². The van der Waals surface area contributed by atoms with E-state index in [1.54, 1.807) is 0 Å². The number of hydrogen-bond donors (Lipinski definition) is 4. The van der Waals surface area contributed by atoms with Crippen LogP contribution in [0.25, 0.3) is 0 Å². The van der Waals surface area contributed by atoms with Crippen molar-refractivity contribution in [2.75, 3.05) is 18.1 Å². The van der Waals surface area contributed by atoms with Gasteiger partial charge in [0.2, 0.25) is 0 Å². The SMILES string of the molecule is CC(=N)NCCS(=O)(=O)CC(N)C(=O)O. The van der Waals surface area contributed by atoms with Crippen LogP contribution in [-0.2, 0) is 14.6 Å². The quantitative estimate of drug-likeness (QED) is 0.325. The van der Waals surface area contributed by atoms with Gasteiger partial charge in [0.25, 0.3) is 0 Å². The van der Waals surface area contributed by atoms with Crippen molar-refractivity contribution in [3.8, 4) is 0 Å². The summed E-state index contributed by atoms with van der Waals surface area (Å²) in [5, 5.41) is 17.9. The van der Waals surface area contributed by atoms with Gasteiger partial charge in [-0.3, -0.25) is 10.2 Å². The number of sulfone groups is 1. The van der Waals surface area contributed by atoms with E-state index in [4.69, 9.17) is 16.2 Å². The van der Waals surface area contributed by atoms with Crippen LogP contribution < -0.4 is 11.1 Å². The molecule has 0 fully saturated rings. The van der Waals surface area contributed by atoms with Crippen molar-refractivity contribution >= 4 is 21.6 Å². The van der Waals surface area contributed by atoms with Crippen LogP contribution in [0.3, 0.4) is 0 Å². The summed E-state index contributed by atoms with van der Waals surface area (Å²) in [5.41, 5.74) is 5.09. The van der Waals surface area contributed by atoms with Gasteiger partial charge < -0.3 is 16.2 Å². The Bertz CT molecular complexity index is 338. The van der Waals surface area contributed by atoms with Gasteiger partial charge in [-0.1, -0.05) is 0 Å². The topological polar surface area (TPSA) is 133 Å². The van der Waals surface area contributed by atoms with E-state index in [1.165, 1.54) is 6.92 Å². The molecule has 88 valence electrons. The molecular weight excluding hydrogens is 222 g/mol. The van der Waals surface area contributed by atoms with Gasteiger partial charge >= 0.3 is 5.97 Å². The van der Waals surface area contributed by atoms with Gasteiger partial charge in [0.15, 0.2) is 9.84 Å². The van der Waals surface area contributed by atoms with Gasteiger partial charge in [-0.15, -0.1) is 0 Å². The maximum atomic E-state index is 11.3. The first-order valence-corrected chi connectivity index (χ1v) is 6.04. The van der Waals surface area contributed by atoms with Crippen LogP contribution >= 0.6 is 0 Å². The summed E-state index contributed by atoms with van der Waals surface area (Å²) in [6, 6.07) is -1.39. The summed E-state index contributed by atoms with van der Waals surface area (Å²) in [7, 11) is -3.49. The molecule has 1 atom stereocenters. The molecule has 0 aromatic carbocycles. The highest BCUT2D eigenvalue weighted by Gasteiger charge is 2.20. The molecule has 5 N–H and O–H groups in total.